The largest absolute Gasteiger partial charge is 0.342 e. The van der Waals surface area contributed by atoms with Crippen molar-refractivity contribution in [2.75, 3.05) is 26.7 Å². The van der Waals surface area contributed by atoms with E-state index in [-0.39, 0.29) is 5.41 Å². The van der Waals surface area contributed by atoms with Gasteiger partial charge in [-0.2, -0.15) is 0 Å². The van der Waals surface area contributed by atoms with Gasteiger partial charge in [0.2, 0.25) is 5.91 Å². The van der Waals surface area contributed by atoms with E-state index in [1.54, 1.807) is 0 Å². The lowest BCUT2D eigenvalue weighted by atomic mass is 9.86. The molecule has 1 aliphatic rings. The summed E-state index contributed by atoms with van der Waals surface area (Å²) in [5, 5.41) is 3.23. The Morgan fingerprint density at radius 2 is 1.96 bits per heavy atom. The third kappa shape index (κ3) is 5.35. The molecule has 1 heterocycles. The van der Waals surface area contributed by atoms with Crippen molar-refractivity contribution in [1.29, 1.82) is 0 Å². The average molecular weight is 316 g/mol. The highest BCUT2D eigenvalue weighted by Crippen LogP contribution is 2.23. The van der Waals surface area contributed by atoms with Crippen LogP contribution < -0.4 is 5.32 Å². The van der Waals surface area contributed by atoms with Gasteiger partial charge in [-0.05, 0) is 55.3 Å². The quantitative estimate of drug-likeness (QED) is 0.903. The molecule has 0 spiro atoms. The van der Waals surface area contributed by atoms with E-state index in [0.29, 0.717) is 18.2 Å². The van der Waals surface area contributed by atoms with Gasteiger partial charge in [-0.3, -0.25) is 4.79 Å². The summed E-state index contributed by atoms with van der Waals surface area (Å²) in [7, 11) is 1.99. The topological polar surface area (TPSA) is 32.3 Å². The van der Waals surface area contributed by atoms with E-state index in [1.165, 1.54) is 17.5 Å². The van der Waals surface area contributed by atoms with Gasteiger partial charge in [0.15, 0.2) is 0 Å². The molecular weight excluding hydrogens is 284 g/mol. The number of aryl methyl sites for hydroxylation is 1. The van der Waals surface area contributed by atoms with E-state index in [4.69, 9.17) is 0 Å². The molecule has 23 heavy (non-hydrogen) atoms. The minimum Gasteiger partial charge on any atom is -0.342 e. The predicted molar refractivity (Wildman–Crippen MR) is 96.7 cm³/mol. The molecule has 1 saturated heterocycles. The van der Waals surface area contributed by atoms with Crippen molar-refractivity contribution >= 4 is 5.91 Å². The highest BCUT2D eigenvalue weighted by atomic mass is 16.2. The summed E-state index contributed by atoms with van der Waals surface area (Å²) in [4.78, 5) is 14.5. The lowest BCUT2D eigenvalue weighted by Crippen LogP contribution is -2.42. The second-order valence-electron chi connectivity index (χ2n) is 7.85. The summed E-state index contributed by atoms with van der Waals surface area (Å²) in [5.74, 6) is 0.925. The van der Waals surface area contributed by atoms with E-state index in [9.17, 15) is 4.79 Å². The molecule has 1 fully saturated rings. The number of nitrogens with zero attached hydrogens (tertiary/aromatic N) is 1. The molecule has 3 nitrogen and oxygen atoms in total. The van der Waals surface area contributed by atoms with Gasteiger partial charge in [0, 0.05) is 19.5 Å². The molecule has 1 atom stereocenters. The van der Waals surface area contributed by atoms with Crippen molar-refractivity contribution in [3.63, 3.8) is 0 Å². The zero-order valence-corrected chi connectivity index (χ0v) is 15.2. The van der Waals surface area contributed by atoms with Gasteiger partial charge in [-0.15, -0.1) is 0 Å². The summed E-state index contributed by atoms with van der Waals surface area (Å²) >= 11 is 0. The monoisotopic (exact) mass is 316 g/mol. The number of carbonyl (C=O) groups is 1. The Hall–Kier alpha value is -1.35. The first-order chi connectivity index (χ1) is 10.9. The number of amides is 1. The molecule has 3 heteroatoms. The summed E-state index contributed by atoms with van der Waals surface area (Å²) in [6, 6.07) is 8.75. The maximum atomic E-state index is 12.5. The Labute approximate surface area is 141 Å². The predicted octanol–water partition coefficient (Wildman–Crippen LogP) is 3.37. The van der Waals surface area contributed by atoms with Crippen molar-refractivity contribution in [2.45, 2.75) is 51.9 Å². The number of hydrogen-bond acceptors (Lipinski definition) is 2. The van der Waals surface area contributed by atoms with Crippen LogP contribution in [0.25, 0.3) is 0 Å². The first-order valence-corrected chi connectivity index (χ1v) is 8.92. The molecule has 0 radical (unpaired) electrons. The highest BCUT2D eigenvalue weighted by Gasteiger charge is 2.22. The molecule has 1 N–H and O–H groups in total. The maximum Gasteiger partial charge on any atom is 0.222 e. The van der Waals surface area contributed by atoms with Crippen LogP contribution in [0.2, 0.25) is 0 Å². The number of likely N-dealkylation sites (tertiary alicyclic amines) is 1. The smallest absolute Gasteiger partial charge is 0.222 e. The highest BCUT2D eigenvalue weighted by molar-refractivity contribution is 5.76. The molecule has 1 amide bonds. The van der Waals surface area contributed by atoms with E-state index >= 15 is 0 Å². The first kappa shape index (κ1) is 18.0. The number of nitrogens with one attached hydrogen (secondary N) is 1. The second-order valence-corrected chi connectivity index (χ2v) is 7.85. The normalized spacial score (nSPS) is 19.0. The minimum atomic E-state index is 0.185. The molecule has 0 aliphatic carbocycles. The fourth-order valence-corrected chi connectivity index (χ4v) is 3.33. The minimum absolute atomic E-state index is 0.185. The molecule has 1 unspecified atom stereocenters. The number of hydrogen-bond donors (Lipinski definition) is 1. The SMILES string of the molecule is CNCC1CCCN(C(=O)CCc2ccc(C(C)(C)C)cc2)C1. The van der Waals surface area contributed by atoms with Crippen molar-refractivity contribution in [2.24, 2.45) is 5.92 Å². The first-order valence-electron chi connectivity index (χ1n) is 8.92. The average Bonchev–Trinajstić information content (AvgIpc) is 2.53. The number of benzene rings is 1. The zero-order valence-electron chi connectivity index (χ0n) is 15.2. The van der Waals surface area contributed by atoms with Crippen LogP contribution in [0.3, 0.4) is 0 Å². The van der Waals surface area contributed by atoms with Crippen LogP contribution >= 0.6 is 0 Å². The van der Waals surface area contributed by atoms with Crippen molar-refractivity contribution in [3.8, 4) is 0 Å². The van der Waals surface area contributed by atoms with Crippen LogP contribution in [0, 0.1) is 5.92 Å². The van der Waals surface area contributed by atoms with Crippen molar-refractivity contribution in [3.05, 3.63) is 35.4 Å². The number of carbonyl (C=O) groups excluding carboxylic acids is 1. The van der Waals surface area contributed by atoms with Crippen molar-refractivity contribution < 1.29 is 4.79 Å². The zero-order chi connectivity index (χ0) is 16.9. The van der Waals surface area contributed by atoms with Gasteiger partial charge in [0.05, 0.1) is 0 Å². The second kappa shape index (κ2) is 7.96. The summed E-state index contributed by atoms with van der Waals surface area (Å²) in [5.41, 5.74) is 2.79. The van der Waals surface area contributed by atoms with Gasteiger partial charge >= 0.3 is 0 Å². The van der Waals surface area contributed by atoms with E-state index < -0.39 is 0 Å². The molecule has 1 aliphatic heterocycles. The molecule has 2 rings (SSSR count). The summed E-state index contributed by atoms with van der Waals surface area (Å²) in [6.45, 7) is 9.54. The van der Waals surface area contributed by atoms with Gasteiger partial charge in [0.1, 0.15) is 0 Å². The van der Waals surface area contributed by atoms with Gasteiger partial charge < -0.3 is 10.2 Å². The van der Waals surface area contributed by atoms with E-state index in [0.717, 1.165) is 32.5 Å². The van der Waals surface area contributed by atoms with Crippen LogP contribution in [-0.4, -0.2) is 37.5 Å². The molecule has 1 aromatic rings. The van der Waals surface area contributed by atoms with Gasteiger partial charge in [-0.25, -0.2) is 0 Å². The summed E-state index contributed by atoms with van der Waals surface area (Å²) in [6.07, 6.45) is 3.84. The van der Waals surface area contributed by atoms with Gasteiger partial charge in [0.25, 0.3) is 0 Å². The Morgan fingerprint density at radius 3 is 2.57 bits per heavy atom. The van der Waals surface area contributed by atoms with Crippen molar-refractivity contribution in [1.82, 2.24) is 10.2 Å². The van der Waals surface area contributed by atoms with Crippen LogP contribution in [0.4, 0.5) is 0 Å². The Morgan fingerprint density at radius 1 is 1.26 bits per heavy atom. The van der Waals surface area contributed by atoms with Crippen LogP contribution in [0.15, 0.2) is 24.3 Å². The lowest BCUT2D eigenvalue weighted by Gasteiger charge is -2.32. The van der Waals surface area contributed by atoms with E-state index in [1.807, 2.05) is 7.05 Å². The maximum absolute atomic E-state index is 12.5. The van der Waals surface area contributed by atoms with Crippen LogP contribution in [0.1, 0.15) is 51.2 Å². The lowest BCUT2D eigenvalue weighted by molar-refractivity contribution is -0.132. The Bertz CT molecular complexity index is 499. The van der Waals surface area contributed by atoms with Crippen LogP contribution in [0.5, 0.6) is 0 Å². The summed E-state index contributed by atoms with van der Waals surface area (Å²) < 4.78 is 0. The molecule has 1 aromatic carbocycles. The molecule has 0 bridgehead atoms. The Balaban J connectivity index is 1.84. The fourth-order valence-electron chi connectivity index (χ4n) is 3.33. The number of rotatable bonds is 5. The fraction of sp³-hybridized carbons (Fsp3) is 0.650. The van der Waals surface area contributed by atoms with Crippen LogP contribution in [-0.2, 0) is 16.6 Å². The molecule has 128 valence electrons. The van der Waals surface area contributed by atoms with E-state index in [2.05, 4.69) is 55.3 Å². The third-order valence-corrected chi connectivity index (χ3v) is 4.81. The number of piperidine rings is 1. The molecular formula is C20H32N2O. The molecule has 0 saturated carbocycles. The van der Waals surface area contributed by atoms with Gasteiger partial charge in [-0.1, -0.05) is 45.0 Å². The third-order valence-electron chi connectivity index (χ3n) is 4.81. The molecule has 0 aromatic heterocycles. The standard InChI is InChI=1S/C20H32N2O/c1-20(2,3)18-10-7-16(8-11-18)9-12-19(23)22-13-5-6-17(15-22)14-21-4/h7-8,10-11,17,21H,5-6,9,12-15H2,1-4H3. The Kier molecular flexibility index (Phi) is 6.23.